The quantitative estimate of drug-likeness (QED) is 0.773. The van der Waals surface area contributed by atoms with E-state index in [1.165, 1.54) is 13.4 Å². The molecule has 4 nitrogen and oxygen atoms in total. The SMILES string of the molecule is COc1cc2cncnc2cc1OCF. The summed E-state index contributed by atoms with van der Waals surface area (Å²) < 4.78 is 21.9. The van der Waals surface area contributed by atoms with E-state index in [2.05, 4.69) is 9.97 Å². The Labute approximate surface area is 85.7 Å². The van der Waals surface area contributed by atoms with Crippen molar-refractivity contribution in [1.82, 2.24) is 9.97 Å². The number of hydrogen-bond acceptors (Lipinski definition) is 4. The molecule has 1 aromatic carbocycles. The molecule has 0 aliphatic rings. The van der Waals surface area contributed by atoms with Gasteiger partial charge < -0.3 is 9.47 Å². The smallest absolute Gasteiger partial charge is 0.228 e. The summed E-state index contributed by atoms with van der Waals surface area (Å²) in [5.74, 6) is 0.807. The van der Waals surface area contributed by atoms with Gasteiger partial charge in [-0.2, -0.15) is 0 Å². The van der Waals surface area contributed by atoms with Crippen molar-refractivity contribution >= 4 is 10.9 Å². The second-order valence-corrected chi connectivity index (χ2v) is 2.84. The second-order valence-electron chi connectivity index (χ2n) is 2.84. The number of rotatable bonds is 3. The monoisotopic (exact) mass is 208 g/mol. The molecule has 5 heteroatoms. The molecule has 0 bridgehead atoms. The number of aromatic nitrogens is 2. The lowest BCUT2D eigenvalue weighted by molar-refractivity contribution is 0.185. The van der Waals surface area contributed by atoms with Gasteiger partial charge in [-0.25, -0.2) is 14.4 Å². The highest BCUT2D eigenvalue weighted by molar-refractivity contribution is 5.81. The lowest BCUT2D eigenvalue weighted by Gasteiger charge is -2.08. The summed E-state index contributed by atoms with van der Waals surface area (Å²) in [5, 5.41) is 0.820. The third-order valence-electron chi connectivity index (χ3n) is 2.00. The molecule has 0 amide bonds. The Hall–Kier alpha value is -1.91. The molecule has 0 saturated carbocycles. The number of methoxy groups -OCH3 is 1. The molecule has 0 aliphatic heterocycles. The lowest BCUT2D eigenvalue weighted by Crippen LogP contribution is -1.95. The van der Waals surface area contributed by atoms with Crippen LogP contribution in [0.4, 0.5) is 4.39 Å². The summed E-state index contributed by atoms with van der Waals surface area (Å²) in [5.41, 5.74) is 0.689. The zero-order valence-corrected chi connectivity index (χ0v) is 8.11. The molecule has 0 N–H and O–H groups in total. The molecule has 1 heterocycles. The third-order valence-corrected chi connectivity index (χ3v) is 2.00. The van der Waals surface area contributed by atoms with Crippen LogP contribution in [-0.4, -0.2) is 23.9 Å². The first-order valence-corrected chi connectivity index (χ1v) is 4.31. The van der Waals surface area contributed by atoms with Crippen molar-refractivity contribution in [1.29, 1.82) is 0 Å². The number of nitrogens with zero attached hydrogens (tertiary/aromatic N) is 2. The van der Waals surface area contributed by atoms with Crippen LogP contribution in [-0.2, 0) is 0 Å². The molecular weight excluding hydrogens is 199 g/mol. The maximum absolute atomic E-state index is 12.1. The van der Waals surface area contributed by atoms with Gasteiger partial charge in [0.15, 0.2) is 11.5 Å². The predicted octanol–water partition coefficient (Wildman–Crippen LogP) is 1.94. The maximum Gasteiger partial charge on any atom is 0.228 e. The van der Waals surface area contributed by atoms with Gasteiger partial charge in [0.2, 0.25) is 6.86 Å². The summed E-state index contributed by atoms with van der Waals surface area (Å²) in [7, 11) is 1.50. The minimum Gasteiger partial charge on any atom is -0.493 e. The Kier molecular flexibility index (Phi) is 2.62. The van der Waals surface area contributed by atoms with Crippen LogP contribution >= 0.6 is 0 Å². The van der Waals surface area contributed by atoms with Gasteiger partial charge in [-0.05, 0) is 6.07 Å². The van der Waals surface area contributed by atoms with E-state index in [1.807, 2.05) is 0 Å². The highest BCUT2D eigenvalue weighted by Crippen LogP contribution is 2.30. The fourth-order valence-electron chi connectivity index (χ4n) is 1.32. The minimum atomic E-state index is -0.896. The number of ether oxygens (including phenoxy) is 2. The molecule has 1 aromatic heterocycles. The second kappa shape index (κ2) is 4.08. The minimum absolute atomic E-state index is 0.339. The molecule has 0 unspecified atom stereocenters. The zero-order chi connectivity index (χ0) is 10.7. The highest BCUT2D eigenvalue weighted by Gasteiger charge is 2.07. The molecule has 2 rings (SSSR count). The molecule has 78 valence electrons. The predicted molar refractivity (Wildman–Crippen MR) is 52.7 cm³/mol. The van der Waals surface area contributed by atoms with Crippen LogP contribution in [0, 0.1) is 0 Å². The lowest BCUT2D eigenvalue weighted by atomic mass is 10.2. The molecule has 0 fully saturated rings. The Morgan fingerprint density at radius 2 is 2.20 bits per heavy atom. The van der Waals surface area contributed by atoms with Crippen LogP contribution in [0.15, 0.2) is 24.7 Å². The molecule has 0 atom stereocenters. The Balaban J connectivity index is 2.58. The summed E-state index contributed by atoms with van der Waals surface area (Å²) in [4.78, 5) is 7.91. The number of alkyl halides is 1. The fourth-order valence-corrected chi connectivity index (χ4v) is 1.32. The van der Waals surface area contributed by atoms with Gasteiger partial charge in [0.05, 0.1) is 12.6 Å². The van der Waals surface area contributed by atoms with Crippen molar-refractivity contribution in [3.63, 3.8) is 0 Å². The molecule has 2 aromatic rings. The van der Waals surface area contributed by atoms with E-state index < -0.39 is 6.86 Å². The molecule has 0 aliphatic carbocycles. The van der Waals surface area contributed by atoms with Crippen LogP contribution in [0.25, 0.3) is 10.9 Å². The summed E-state index contributed by atoms with van der Waals surface area (Å²) >= 11 is 0. The summed E-state index contributed by atoms with van der Waals surface area (Å²) in [6.45, 7) is -0.896. The first-order chi connectivity index (χ1) is 7.35. The van der Waals surface area contributed by atoms with Gasteiger partial charge in [0, 0.05) is 17.6 Å². The normalized spacial score (nSPS) is 10.3. The van der Waals surface area contributed by atoms with Crippen molar-refractivity contribution in [2.75, 3.05) is 14.0 Å². The Morgan fingerprint density at radius 3 is 2.93 bits per heavy atom. The van der Waals surface area contributed by atoms with E-state index in [9.17, 15) is 4.39 Å². The standard InChI is InChI=1S/C10H9FN2O2/c1-14-9-2-7-4-12-6-13-8(7)3-10(9)15-5-11/h2-4,6H,5H2,1H3. The van der Waals surface area contributed by atoms with Crippen LogP contribution in [0.2, 0.25) is 0 Å². The fraction of sp³-hybridized carbons (Fsp3) is 0.200. The molecule has 0 spiro atoms. The van der Waals surface area contributed by atoms with Crippen molar-refractivity contribution in [3.8, 4) is 11.5 Å². The van der Waals surface area contributed by atoms with Crippen LogP contribution in [0.5, 0.6) is 11.5 Å². The Morgan fingerprint density at radius 1 is 1.33 bits per heavy atom. The van der Waals surface area contributed by atoms with Crippen LogP contribution in [0.1, 0.15) is 0 Å². The average Bonchev–Trinajstić information content (AvgIpc) is 2.28. The van der Waals surface area contributed by atoms with Crippen molar-refractivity contribution in [3.05, 3.63) is 24.7 Å². The number of fused-ring (bicyclic) bond motifs is 1. The van der Waals surface area contributed by atoms with Gasteiger partial charge in [-0.15, -0.1) is 0 Å². The Bertz CT molecular complexity index is 476. The van der Waals surface area contributed by atoms with Gasteiger partial charge >= 0.3 is 0 Å². The first-order valence-electron chi connectivity index (χ1n) is 4.31. The average molecular weight is 208 g/mol. The number of benzene rings is 1. The van der Waals surface area contributed by atoms with E-state index in [4.69, 9.17) is 9.47 Å². The highest BCUT2D eigenvalue weighted by atomic mass is 19.1. The van der Waals surface area contributed by atoms with E-state index in [0.717, 1.165) is 5.39 Å². The third kappa shape index (κ3) is 1.81. The van der Waals surface area contributed by atoms with Crippen molar-refractivity contribution in [2.24, 2.45) is 0 Å². The van der Waals surface area contributed by atoms with Gasteiger partial charge in [0.1, 0.15) is 6.33 Å². The van der Waals surface area contributed by atoms with E-state index in [1.54, 1.807) is 18.3 Å². The topological polar surface area (TPSA) is 44.2 Å². The van der Waals surface area contributed by atoms with Crippen LogP contribution in [0.3, 0.4) is 0 Å². The summed E-state index contributed by atoms with van der Waals surface area (Å²) in [6.07, 6.45) is 3.08. The first kappa shape index (κ1) is 9.64. The number of halogens is 1. The van der Waals surface area contributed by atoms with Crippen molar-refractivity contribution < 1.29 is 13.9 Å². The van der Waals surface area contributed by atoms with E-state index in [0.29, 0.717) is 17.0 Å². The van der Waals surface area contributed by atoms with Gasteiger partial charge in [-0.1, -0.05) is 0 Å². The maximum atomic E-state index is 12.1. The van der Waals surface area contributed by atoms with Crippen LogP contribution < -0.4 is 9.47 Å². The largest absolute Gasteiger partial charge is 0.493 e. The van der Waals surface area contributed by atoms with Gasteiger partial charge in [-0.3, -0.25) is 0 Å². The van der Waals surface area contributed by atoms with E-state index in [-0.39, 0.29) is 0 Å². The van der Waals surface area contributed by atoms with E-state index >= 15 is 0 Å². The number of hydrogen-bond donors (Lipinski definition) is 0. The van der Waals surface area contributed by atoms with Crippen molar-refractivity contribution in [2.45, 2.75) is 0 Å². The summed E-state index contributed by atoms with van der Waals surface area (Å²) in [6, 6.07) is 3.33. The molecule has 0 radical (unpaired) electrons. The zero-order valence-electron chi connectivity index (χ0n) is 8.11. The molecule has 15 heavy (non-hydrogen) atoms. The molecule has 0 saturated heterocycles. The van der Waals surface area contributed by atoms with Gasteiger partial charge in [0.25, 0.3) is 0 Å². The molecular formula is C10H9FN2O2.